The van der Waals surface area contributed by atoms with E-state index in [9.17, 15) is 10.4 Å². The molecule has 2 heterocycles. The highest BCUT2D eigenvalue weighted by atomic mass is 16.5. The van der Waals surface area contributed by atoms with Gasteiger partial charge < -0.3 is 24.2 Å². The second kappa shape index (κ2) is 11.7. The van der Waals surface area contributed by atoms with Crippen molar-refractivity contribution < 1.29 is 19.3 Å². The number of methoxy groups -OCH3 is 3. The lowest BCUT2D eigenvalue weighted by Crippen LogP contribution is -2.39. The molecule has 8 nitrogen and oxygen atoms in total. The number of aryl methyl sites for hydroxylation is 1. The molecule has 4 aromatic rings. The molecule has 0 fully saturated rings. The fourth-order valence-electron chi connectivity index (χ4n) is 5.03. The van der Waals surface area contributed by atoms with E-state index in [1.807, 2.05) is 68.4 Å². The Hall–Kier alpha value is -4.19. The fraction of sp³-hybridized carbons (Fsp3) is 0.323. The number of hydrogen-bond donors (Lipinski definition) is 1. The summed E-state index contributed by atoms with van der Waals surface area (Å²) in [5, 5.41) is 23.2. The summed E-state index contributed by atoms with van der Waals surface area (Å²) in [4.78, 5) is 11.6. The topological polar surface area (TPSA) is 101 Å². The maximum absolute atomic E-state index is 12.9. The summed E-state index contributed by atoms with van der Waals surface area (Å²) in [6, 6.07) is 20.7. The Bertz CT molecular complexity index is 1510. The highest BCUT2D eigenvalue weighted by Crippen LogP contribution is 2.51. The van der Waals surface area contributed by atoms with E-state index < -0.39 is 11.5 Å². The molecule has 4 rings (SSSR count). The number of aromatic nitrogens is 2. The largest absolute Gasteiger partial charge is 0.493 e. The first kappa shape index (κ1) is 27.8. The predicted octanol–water partition coefficient (Wildman–Crippen LogP) is 4.81. The van der Waals surface area contributed by atoms with E-state index in [2.05, 4.69) is 6.07 Å². The number of ether oxygens (including phenoxy) is 3. The summed E-state index contributed by atoms with van der Waals surface area (Å²) in [6.45, 7) is 2.48. The molecule has 2 unspecified atom stereocenters. The lowest BCUT2D eigenvalue weighted by atomic mass is 9.73. The number of hydrogen-bond acceptors (Lipinski definition) is 8. The fourth-order valence-corrected chi connectivity index (χ4v) is 5.03. The number of pyridine rings is 2. The number of aliphatic hydroxyl groups is 1. The van der Waals surface area contributed by atoms with Crippen molar-refractivity contribution in [2.75, 3.05) is 42.0 Å². The zero-order valence-electron chi connectivity index (χ0n) is 23.2. The molecular weight excluding hydrogens is 492 g/mol. The molecule has 8 heteroatoms. The van der Waals surface area contributed by atoms with Crippen LogP contribution >= 0.6 is 0 Å². The van der Waals surface area contributed by atoms with Crippen LogP contribution in [0.3, 0.4) is 0 Å². The standard InChI is InChI=1S/C31H34N4O4/c1-20-9-7-12-27(33-20)31(36,15-16-35(2)3)28(23-10-8-11-26(37-4)29(23)38-5)24-18-22-17-21(19-32)13-14-25(22)34-30(24)39-6/h7-14,17-18,28,36H,15-16H2,1-6H3. The first-order valence-electron chi connectivity index (χ1n) is 12.7. The summed E-state index contributed by atoms with van der Waals surface area (Å²) in [7, 11) is 8.65. The molecule has 202 valence electrons. The second-order valence-electron chi connectivity index (χ2n) is 9.76. The van der Waals surface area contributed by atoms with Gasteiger partial charge in [0, 0.05) is 28.8 Å². The molecule has 0 aliphatic carbocycles. The van der Waals surface area contributed by atoms with Crippen molar-refractivity contribution in [3.05, 3.63) is 88.7 Å². The number of nitrogens with zero attached hydrogens (tertiary/aromatic N) is 4. The van der Waals surface area contributed by atoms with E-state index in [0.29, 0.717) is 58.2 Å². The molecular formula is C31H34N4O4. The molecule has 39 heavy (non-hydrogen) atoms. The zero-order valence-corrected chi connectivity index (χ0v) is 23.2. The van der Waals surface area contributed by atoms with Crippen LogP contribution in [-0.4, -0.2) is 61.9 Å². The summed E-state index contributed by atoms with van der Waals surface area (Å²) >= 11 is 0. The third kappa shape index (κ3) is 5.51. The van der Waals surface area contributed by atoms with E-state index in [4.69, 9.17) is 24.2 Å². The van der Waals surface area contributed by atoms with Gasteiger partial charge in [-0.25, -0.2) is 4.98 Å². The Morgan fingerprint density at radius 1 is 0.949 bits per heavy atom. The van der Waals surface area contributed by atoms with Crippen molar-refractivity contribution in [2.24, 2.45) is 0 Å². The second-order valence-corrected chi connectivity index (χ2v) is 9.76. The Morgan fingerprint density at radius 2 is 1.72 bits per heavy atom. The Morgan fingerprint density at radius 3 is 2.36 bits per heavy atom. The summed E-state index contributed by atoms with van der Waals surface area (Å²) < 4.78 is 17.4. The number of nitriles is 1. The quantitative estimate of drug-likeness (QED) is 0.314. The van der Waals surface area contributed by atoms with Gasteiger partial charge in [0.05, 0.1) is 50.1 Å². The van der Waals surface area contributed by atoms with Crippen molar-refractivity contribution in [3.63, 3.8) is 0 Å². The van der Waals surface area contributed by atoms with Crippen LogP contribution in [0.5, 0.6) is 17.4 Å². The minimum absolute atomic E-state index is 0.348. The summed E-state index contributed by atoms with van der Waals surface area (Å²) in [5.74, 6) is 0.660. The molecule has 1 N–H and O–H groups in total. The van der Waals surface area contributed by atoms with Crippen molar-refractivity contribution in [3.8, 4) is 23.4 Å². The summed E-state index contributed by atoms with van der Waals surface area (Å²) in [5.41, 5.74) is 2.32. The molecule has 0 radical (unpaired) electrons. The van der Waals surface area contributed by atoms with Gasteiger partial charge in [-0.1, -0.05) is 18.2 Å². The highest BCUT2D eigenvalue weighted by Gasteiger charge is 2.45. The van der Waals surface area contributed by atoms with Crippen LogP contribution in [0.4, 0.5) is 0 Å². The normalized spacial score (nSPS) is 13.5. The zero-order chi connectivity index (χ0) is 28.2. The van der Waals surface area contributed by atoms with Gasteiger partial charge in [0.1, 0.15) is 5.60 Å². The molecule has 0 aliphatic heterocycles. The van der Waals surface area contributed by atoms with Crippen molar-refractivity contribution in [2.45, 2.75) is 24.9 Å². The number of fused-ring (bicyclic) bond motifs is 1. The maximum Gasteiger partial charge on any atom is 0.217 e. The Balaban J connectivity index is 2.12. The molecule has 0 bridgehead atoms. The lowest BCUT2D eigenvalue weighted by Gasteiger charge is -2.38. The molecule has 2 aromatic heterocycles. The van der Waals surface area contributed by atoms with E-state index in [1.54, 1.807) is 39.5 Å². The van der Waals surface area contributed by atoms with Gasteiger partial charge in [0.15, 0.2) is 11.5 Å². The average Bonchev–Trinajstić information content (AvgIpc) is 2.95. The van der Waals surface area contributed by atoms with Crippen molar-refractivity contribution in [1.82, 2.24) is 14.9 Å². The van der Waals surface area contributed by atoms with Gasteiger partial charge in [-0.15, -0.1) is 0 Å². The average molecular weight is 527 g/mol. The minimum atomic E-state index is -1.51. The predicted molar refractivity (Wildman–Crippen MR) is 150 cm³/mol. The van der Waals surface area contributed by atoms with Gasteiger partial charge >= 0.3 is 0 Å². The number of rotatable bonds is 10. The molecule has 2 aromatic carbocycles. The molecule has 0 saturated heterocycles. The van der Waals surface area contributed by atoms with Crippen LogP contribution in [0.1, 0.15) is 40.4 Å². The van der Waals surface area contributed by atoms with Crippen LogP contribution < -0.4 is 14.2 Å². The van der Waals surface area contributed by atoms with Crippen LogP contribution in [0.25, 0.3) is 10.9 Å². The monoisotopic (exact) mass is 526 g/mol. The number of para-hydroxylation sites is 1. The Labute approximate surface area is 229 Å². The van der Waals surface area contributed by atoms with Gasteiger partial charge in [0.25, 0.3) is 0 Å². The third-order valence-electron chi connectivity index (χ3n) is 6.93. The SMILES string of the molecule is COc1cccc(C(c2cc3cc(C#N)ccc3nc2OC)C(O)(CCN(C)C)c2cccc(C)n2)c1OC. The lowest BCUT2D eigenvalue weighted by molar-refractivity contribution is -0.000985. The first-order chi connectivity index (χ1) is 18.7. The van der Waals surface area contributed by atoms with Crippen molar-refractivity contribution in [1.29, 1.82) is 5.26 Å². The smallest absolute Gasteiger partial charge is 0.217 e. The maximum atomic E-state index is 12.9. The third-order valence-corrected chi connectivity index (χ3v) is 6.93. The van der Waals surface area contributed by atoms with Gasteiger partial charge in [0.2, 0.25) is 5.88 Å². The van der Waals surface area contributed by atoms with Crippen LogP contribution in [0, 0.1) is 18.3 Å². The van der Waals surface area contributed by atoms with Crippen molar-refractivity contribution >= 4 is 10.9 Å². The van der Waals surface area contributed by atoms with Crippen LogP contribution in [-0.2, 0) is 5.60 Å². The van der Waals surface area contributed by atoms with E-state index in [0.717, 1.165) is 11.1 Å². The van der Waals surface area contributed by atoms with Crippen LogP contribution in [0.2, 0.25) is 0 Å². The molecule has 0 spiro atoms. The van der Waals surface area contributed by atoms with E-state index in [-0.39, 0.29) is 0 Å². The Kier molecular flexibility index (Phi) is 8.34. The van der Waals surface area contributed by atoms with E-state index in [1.165, 1.54) is 0 Å². The number of benzene rings is 2. The molecule has 0 amide bonds. The van der Waals surface area contributed by atoms with Gasteiger partial charge in [-0.3, -0.25) is 4.98 Å². The molecule has 2 atom stereocenters. The van der Waals surface area contributed by atoms with Crippen LogP contribution in [0.15, 0.2) is 60.7 Å². The summed E-state index contributed by atoms with van der Waals surface area (Å²) in [6.07, 6.45) is 0.348. The minimum Gasteiger partial charge on any atom is -0.493 e. The molecule has 0 aliphatic rings. The van der Waals surface area contributed by atoms with E-state index >= 15 is 0 Å². The first-order valence-corrected chi connectivity index (χ1v) is 12.7. The van der Waals surface area contributed by atoms with Gasteiger partial charge in [-0.05, 0) is 69.9 Å². The molecule has 0 saturated carbocycles. The highest BCUT2D eigenvalue weighted by molar-refractivity contribution is 5.82. The van der Waals surface area contributed by atoms with Gasteiger partial charge in [-0.2, -0.15) is 5.26 Å².